The normalized spacial score (nSPS) is 29.9. The number of hydrogen-bond acceptors (Lipinski definition) is 8. The molecule has 0 aromatic carbocycles. The van der Waals surface area contributed by atoms with Gasteiger partial charge in [-0.25, -0.2) is 9.50 Å². The van der Waals surface area contributed by atoms with Gasteiger partial charge in [-0.05, 0) is 19.1 Å². The summed E-state index contributed by atoms with van der Waals surface area (Å²) in [5.41, 5.74) is 5.67. The Bertz CT molecular complexity index is 763. The molecule has 1 saturated heterocycles. The van der Waals surface area contributed by atoms with Crippen LogP contribution in [0.25, 0.3) is 5.52 Å². The van der Waals surface area contributed by atoms with Crippen molar-refractivity contribution in [3.8, 4) is 0 Å². The van der Waals surface area contributed by atoms with Gasteiger partial charge in [-0.1, -0.05) is 6.92 Å². The Labute approximate surface area is 138 Å². The number of rotatable bonds is 4. The number of carbonyl (C=O) groups excluding carboxylic acids is 1. The van der Waals surface area contributed by atoms with Crippen LogP contribution in [0.3, 0.4) is 0 Å². The molecule has 4 atom stereocenters. The number of nitrogens with two attached hydrogens (primary N) is 1. The largest absolute Gasteiger partial charge is 0.463 e. The number of hydrogen-bond donors (Lipinski definition) is 3. The van der Waals surface area contributed by atoms with Crippen molar-refractivity contribution < 1.29 is 24.5 Å². The second-order valence-electron chi connectivity index (χ2n) is 6.00. The fraction of sp³-hybridized carbons (Fsp3) is 0.533. The summed E-state index contributed by atoms with van der Waals surface area (Å²) in [7, 11) is 0. The molecule has 0 unspecified atom stereocenters. The molecule has 3 heterocycles. The lowest BCUT2D eigenvalue weighted by Crippen LogP contribution is -2.44. The van der Waals surface area contributed by atoms with Crippen molar-refractivity contribution in [1.29, 1.82) is 0 Å². The number of fused-ring (bicyclic) bond motifs is 1. The van der Waals surface area contributed by atoms with E-state index in [2.05, 4.69) is 10.1 Å². The van der Waals surface area contributed by atoms with Crippen molar-refractivity contribution in [2.75, 3.05) is 12.3 Å². The van der Waals surface area contributed by atoms with Gasteiger partial charge in [0.1, 0.15) is 42.4 Å². The third-order valence-corrected chi connectivity index (χ3v) is 4.27. The fourth-order valence-corrected chi connectivity index (χ4v) is 2.83. The van der Waals surface area contributed by atoms with Crippen molar-refractivity contribution in [2.24, 2.45) is 0 Å². The molecule has 9 heteroatoms. The molecule has 4 N–H and O–H groups in total. The van der Waals surface area contributed by atoms with Crippen molar-refractivity contribution >= 4 is 17.3 Å². The number of aliphatic hydroxyl groups is 2. The van der Waals surface area contributed by atoms with E-state index in [0.717, 1.165) is 0 Å². The Kier molecular flexibility index (Phi) is 4.16. The molecule has 24 heavy (non-hydrogen) atoms. The molecule has 0 bridgehead atoms. The van der Waals surface area contributed by atoms with Gasteiger partial charge in [0.05, 0.1) is 5.69 Å². The van der Waals surface area contributed by atoms with Crippen LogP contribution in [0.2, 0.25) is 0 Å². The Morgan fingerprint density at radius 1 is 1.50 bits per heavy atom. The SMILES string of the molecule is CCC(=O)OC[C@@]1(C)O[C@@H](c2ccc3c(N)ncnn23)[C@H](O)[C@@H]1O. The highest BCUT2D eigenvalue weighted by atomic mass is 16.6. The number of nitrogen functional groups attached to an aromatic ring is 1. The van der Waals surface area contributed by atoms with Gasteiger partial charge in [0.15, 0.2) is 5.82 Å². The fourth-order valence-electron chi connectivity index (χ4n) is 2.83. The molecule has 0 radical (unpaired) electrons. The first-order valence-electron chi connectivity index (χ1n) is 7.65. The maximum absolute atomic E-state index is 11.4. The molecular formula is C15H20N4O5. The van der Waals surface area contributed by atoms with Crippen LogP contribution in [-0.2, 0) is 14.3 Å². The number of esters is 1. The molecule has 1 aliphatic rings. The predicted octanol–water partition coefficient (Wildman–Crippen LogP) is -0.184. The quantitative estimate of drug-likeness (QED) is 0.655. The highest BCUT2D eigenvalue weighted by Crippen LogP contribution is 2.40. The summed E-state index contributed by atoms with van der Waals surface area (Å²) in [5, 5.41) is 24.9. The number of aliphatic hydroxyl groups excluding tert-OH is 2. The number of ether oxygens (including phenoxy) is 2. The monoisotopic (exact) mass is 336 g/mol. The summed E-state index contributed by atoms with van der Waals surface area (Å²) in [6.45, 7) is 3.10. The topological polar surface area (TPSA) is 132 Å². The minimum Gasteiger partial charge on any atom is -0.463 e. The van der Waals surface area contributed by atoms with Crippen molar-refractivity contribution in [3.05, 3.63) is 24.2 Å². The summed E-state index contributed by atoms with van der Waals surface area (Å²) in [4.78, 5) is 15.3. The lowest BCUT2D eigenvalue weighted by molar-refractivity contribution is -0.159. The third kappa shape index (κ3) is 2.60. The molecule has 0 spiro atoms. The molecule has 1 fully saturated rings. The first-order chi connectivity index (χ1) is 11.4. The van der Waals surface area contributed by atoms with E-state index in [1.54, 1.807) is 26.0 Å². The Morgan fingerprint density at radius 2 is 2.25 bits per heavy atom. The average Bonchev–Trinajstić information content (AvgIpc) is 3.09. The molecule has 2 aromatic rings. The van der Waals surface area contributed by atoms with Gasteiger partial charge in [-0.15, -0.1) is 0 Å². The van der Waals surface area contributed by atoms with Gasteiger partial charge in [0.25, 0.3) is 0 Å². The van der Waals surface area contributed by atoms with E-state index in [4.69, 9.17) is 15.2 Å². The molecule has 9 nitrogen and oxygen atoms in total. The van der Waals surface area contributed by atoms with Crippen LogP contribution in [0.1, 0.15) is 32.1 Å². The van der Waals surface area contributed by atoms with Crippen LogP contribution >= 0.6 is 0 Å². The molecular weight excluding hydrogens is 316 g/mol. The maximum Gasteiger partial charge on any atom is 0.305 e. The van der Waals surface area contributed by atoms with Crippen molar-refractivity contribution in [1.82, 2.24) is 14.6 Å². The van der Waals surface area contributed by atoms with E-state index in [-0.39, 0.29) is 13.0 Å². The summed E-state index contributed by atoms with van der Waals surface area (Å²) < 4.78 is 12.4. The van der Waals surface area contributed by atoms with Crippen LogP contribution in [-0.4, -0.2) is 55.2 Å². The van der Waals surface area contributed by atoms with Gasteiger partial charge in [0.2, 0.25) is 0 Å². The molecule has 0 amide bonds. The third-order valence-electron chi connectivity index (χ3n) is 4.27. The predicted molar refractivity (Wildman–Crippen MR) is 82.9 cm³/mol. The van der Waals surface area contributed by atoms with E-state index >= 15 is 0 Å². The van der Waals surface area contributed by atoms with Crippen LogP contribution in [0.5, 0.6) is 0 Å². The van der Waals surface area contributed by atoms with E-state index in [0.29, 0.717) is 17.0 Å². The first kappa shape index (κ1) is 16.6. The lowest BCUT2D eigenvalue weighted by atomic mass is 9.97. The Morgan fingerprint density at radius 3 is 2.96 bits per heavy atom. The van der Waals surface area contributed by atoms with Gasteiger partial charge in [-0.2, -0.15) is 5.10 Å². The van der Waals surface area contributed by atoms with E-state index in [1.165, 1.54) is 10.8 Å². The van der Waals surface area contributed by atoms with Crippen molar-refractivity contribution in [3.63, 3.8) is 0 Å². The number of aromatic nitrogens is 3. The summed E-state index contributed by atoms with van der Waals surface area (Å²) in [6, 6.07) is 3.41. The van der Waals surface area contributed by atoms with Crippen LogP contribution in [0, 0.1) is 0 Å². The molecule has 130 valence electrons. The second kappa shape index (κ2) is 6.00. The van der Waals surface area contributed by atoms with Gasteiger partial charge >= 0.3 is 5.97 Å². The molecule has 0 aliphatic carbocycles. The molecule has 1 aliphatic heterocycles. The average molecular weight is 336 g/mol. The van der Waals surface area contributed by atoms with Crippen LogP contribution < -0.4 is 5.73 Å². The zero-order valence-electron chi connectivity index (χ0n) is 13.4. The second-order valence-corrected chi connectivity index (χ2v) is 6.00. The number of anilines is 1. The molecule has 2 aromatic heterocycles. The van der Waals surface area contributed by atoms with Crippen LogP contribution in [0.15, 0.2) is 18.5 Å². The zero-order chi connectivity index (χ0) is 17.5. The van der Waals surface area contributed by atoms with Gasteiger partial charge < -0.3 is 25.4 Å². The molecule has 0 saturated carbocycles. The number of nitrogens with zero attached hydrogens (tertiary/aromatic N) is 3. The highest BCUT2D eigenvalue weighted by molar-refractivity contribution is 5.69. The standard InChI is InChI=1S/C15H20N4O5/c1-3-10(20)23-6-15(2)13(22)11(21)12(24-15)8-4-5-9-14(16)17-7-18-19(8)9/h4-5,7,11-13,21-22H,3,6H2,1-2H3,(H2,16,17,18)/t11-,12-,13-,15+/m0/s1. The zero-order valence-corrected chi connectivity index (χ0v) is 13.4. The minimum absolute atomic E-state index is 0.158. The smallest absolute Gasteiger partial charge is 0.305 e. The van der Waals surface area contributed by atoms with E-state index < -0.39 is 29.9 Å². The minimum atomic E-state index is -1.23. The van der Waals surface area contributed by atoms with Gasteiger partial charge in [0, 0.05) is 6.42 Å². The summed E-state index contributed by atoms with van der Waals surface area (Å²) in [5.74, 6) is -0.109. The lowest BCUT2D eigenvalue weighted by Gasteiger charge is -2.26. The van der Waals surface area contributed by atoms with Gasteiger partial charge in [-0.3, -0.25) is 4.79 Å². The first-order valence-corrected chi connectivity index (χ1v) is 7.65. The van der Waals surface area contributed by atoms with Crippen molar-refractivity contribution in [2.45, 2.75) is 44.2 Å². The maximum atomic E-state index is 11.4. The Hall–Kier alpha value is -2.23. The van der Waals surface area contributed by atoms with Crippen LogP contribution in [0.4, 0.5) is 5.82 Å². The number of carbonyl (C=O) groups is 1. The summed E-state index contributed by atoms with van der Waals surface area (Å²) in [6.07, 6.45) is -1.76. The molecule has 3 rings (SSSR count). The Balaban J connectivity index is 1.89. The van der Waals surface area contributed by atoms with E-state index in [9.17, 15) is 15.0 Å². The van der Waals surface area contributed by atoms with E-state index in [1.807, 2.05) is 0 Å². The summed E-state index contributed by atoms with van der Waals surface area (Å²) >= 11 is 0. The highest BCUT2D eigenvalue weighted by Gasteiger charge is 2.53.